The summed E-state index contributed by atoms with van der Waals surface area (Å²) in [5, 5.41) is 34.1. The second-order valence-corrected chi connectivity index (χ2v) is 15.6. The second kappa shape index (κ2) is 14.0. The van der Waals surface area contributed by atoms with Gasteiger partial charge < -0.3 is 58.1 Å². The van der Waals surface area contributed by atoms with Crippen LogP contribution in [0.2, 0.25) is 0 Å². The summed E-state index contributed by atoms with van der Waals surface area (Å²) in [5.74, 6) is -3.40. The highest BCUT2D eigenvalue weighted by molar-refractivity contribution is 5.73. The van der Waals surface area contributed by atoms with Gasteiger partial charge in [0.25, 0.3) is 0 Å². The molecule has 0 spiro atoms. The van der Waals surface area contributed by atoms with Crippen molar-refractivity contribution in [3.8, 4) is 0 Å². The molecule has 4 fully saturated rings. The first-order valence-corrected chi connectivity index (χ1v) is 17.5. The standard InChI is InChI=1S/C35H59NO12/c1-12-23(37)34(8,40)29-18(3)26-17(2)15-33(7,47-26)28(46-32-25(38)22(36(9)10)13-14-42-32)19(4)27(20(5)31(39)45-29)44-24-16-35(41-11)30(48-35)21(6)43-24/h13-14,17-30,32,37-38,40H,12,15-16H2,1-11H3/t17?,18-,19-,20+,21?,22?,23+,24-,25?,26?,27-,28+,29+,30-,32-,33+,34+,35?/m0/s1. The molecule has 4 saturated heterocycles. The Labute approximate surface area is 285 Å². The second-order valence-electron chi connectivity index (χ2n) is 15.6. The minimum atomic E-state index is -1.77. The summed E-state index contributed by atoms with van der Waals surface area (Å²) in [6, 6.07) is -0.353. The Balaban J connectivity index is 1.56. The summed E-state index contributed by atoms with van der Waals surface area (Å²) >= 11 is 0. The molecule has 2 bridgehead atoms. The summed E-state index contributed by atoms with van der Waals surface area (Å²) in [7, 11) is 5.33. The van der Waals surface area contributed by atoms with Gasteiger partial charge in [0, 0.05) is 18.9 Å². The van der Waals surface area contributed by atoms with Crippen molar-refractivity contribution in [1.29, 1.82) is 0 Å². The van der Waals surface area contributed by atoms with Crippen LogP contribution in [0.1, 0.15) is 74.7 Å². The minimum absolute atomic E-state index is 0.0463. The van der Waals surface area contributed by atoms with Crippen LogP contribution in [0.15, 0.2) is 12.3 Å². The molecule has 0 aromatic rings. The average Bonchev–Trinajstić information content (AvgIpc) is 3.70. The number of aliphatic hydroxyl groups excluding tert-OH is 2. The van der Waals surface area contributed by atoms with Crippen LogP contribution in [-0.4, -0.2) is 132 Å². The van der Waals surface area contributed by atoms with Crippen molar-refractivity contribution in [2.24, 2.45) is 23.7 Å². The first-order chi connectivity index (χ1) is 22.4. The number of likely N-dealkylation sites (N-methyl/N-ethyl adjacent to an activating group) is 1. The number of fused-ring (bicyclic) bond motifs is 3. The fourth-order valence-electron chi connectivity index (χ4n) is 8.82. The lowest BCUT2D eigenvalue weighted by Crippen LogP contribution is -2.57. The summed E-state index contributed by atoms with van der Waals surface area (Å²) in [4.78, 5) is 16.1. The van der Waals surface area contributed by atoms with Gasteiger partial charge in [-0.05, 0) is 66.6 Å². The Morgan fingerprint density at radius 3 is 2.42 bits per heavy atom. The van der Waals surface area contributed by atoms with E-state index in [9.17, 15) is 20.1 Å². The Morgan fingerprint density at radius 1 is 1.10 bits per heavy atom. The Bertz CT molecular complexity index is 1170. The van der Waals surface area contributed by atoms with Crippen molar-refractivity contribution in [3.63, 3.8) is 0 Å². The van der Waals surface area contributed by atoms with Crippen LogP contribution < -0.4 is 0 Å². The molecule has 48 heavy (non-hydrogen) atoms. The van der Waals surface area contributed by atoms with Gasteiger partial charge >= 0.3 is 5.97 Å². The van der Waals surface area contributed by atoms with E-state index in [2.05, 4.69) is 6.92 Å². The van der Waals surface area contributed by atoms with Crippen molar-refractivity contribution in [2.45, 2.75) is 159 Å². The number of hydrogen-bond donors (Lipinski definition) is 3. The lowest BCUT2D eigenvalue weighted by molar-refractivity contribution is -0.282. The molecule has 0 amide bonds. The van der Waals surface area contributed by atoms with Crippen LogP contribution in [0.4, 0.5) is 0 Å². The normalized spacial score (nSPS) is 49.7. The number of carbonyl (C=O) groups excluding carboxylic acids is 1. The number of aliphatic hydroxyl groups is 3. The lowest BCUT2D eigenvalue weighted by atomic mass is 9.76. The topological polar surface area (TPSA) is 158 Å². The molecule has 13 nitrogen and oxygen atoms in total. The van der Waals surface area contributed by atoms with E-state index in [1.165, 1.54) is 13.2 Å². The number of ether oxygens (including phenoxy) is 8. The zero-order valence-electron chi connectivity index (χ0n) is 30.4. The van der Waals surface area contributed by atoms with Gasteiger partial charge in [0.1, 0.15) is 23.9 Å². The van der Waals surface area contributed by atoms with Crippen molar-refractivity contribution < 1.29 is 58.0 Å². The first-order valence-electron chi connectivity index (χ1n) is 17.5. The van der Waals surface area contributed by atoms with E-state index in [-0.39, 0.29) is 30.6 Å². The Kier molecular flexibility index (Phi) is 11.0. The van der Waals surface area contributed by atoms with E-state index in [0.29, 0.717) is 12.8 Å². The van der Waals surface area contributed by atoms with Crippen molar-refractivity contribution in [2.75, 3.05) is 21.2 Å². The number of esters is 1. The maximum absolute atomic E-state index is 14.2. The number of carbonyl (C=O) groups is 1. The fourth-order valence-corrected chi connectivity index (χ4v) is 8.82. The number of cyclic esters (lactones) is 1. The number of epoxide rings is 1. The first kappa shape index (κ1) is 37.9. The molecule has 5 aliphatic rings. The molecule has 5 aliphatic heterocycles. The third-order valence-electron chi connectivity index (χ3n) is 11.6. The van der Waals surface area contributed by atoms with E-state index < -0.39 is 89.9 Å². The van der Waals surface area contributed by atoms with Gasteiger partial charge in [-0.1, -0.05) is 27.7 Å². The van der Waals surface area contributed by atoms with Gasteiger partial charge in [-0.15, -0.1) is 0 Å². The number of hydrogen-bond acceptors (Lipinski definition) is 13. The zero-order valence-corrected chi connectivity index (χ0v) is 30.4. The molecule has 276 valence electrons. The third kappa shape index (κ3) is 6.81. The molecule has 3 N–H and O–H groups in total. The number of methoxy groups -OCH3 is 1. The van der Waals surface area contributed by atoms with E-state index in [4.69, 9.17) is 37.9 Å². The fraction of sp³-hybridized carbons (Fsp3) is 0.914. The maximum Gasteiger partial charge on any atom is 0.311 e. The molecule has 13 heteroatoms. The van der Waals surface area contributed by atoms with Gasteiger partial charge in [-0.25, -0.2) is 0 Å². The smallest absolute Gasteiger partial charge is 0.311 e. The summed E-state index contributed by atoms with van der Waals surface area (Å²) in [6.45, 7) is 14.7. The third-order valence-corrected chi connectivity index (χ3v) is 11.6. The van der Waals surface area contributed by atoms with Crippen LogP contribution >= 0.6 is 0 Å². The summed E-state index contributed by atoms with van der Waals surface area (Å²) in [5.41, 5.74) is -2.71. The molecule has 0 aromatic heterocycles. The summed E-state index contributed by atoms with van der Waals surface area (Å²) < 4.78 is 50.4. The molecule has 0 aliphatic carbocycles. The van der Waals surface area contributed by atoms with Gasteiger partial charge in [0.05, 0.1) is 60.8 Å². The van der Waals surface area contributed by atoms with Crippen molar-refractivity contribution in [1.82, 2.24) is 4.90 Å². The predicted molar refractivity (Wildman–Crippen MR) is 172 cm³/mol. The van der Waals surface area contributed by atoms with Gasteiger partial charge in [0.15, 0.2) is 6.29 Å². The number of rotatable bonds is 9. The molecule has 0 saturated carbocycles. The molecule has 5 heterocycles. The molecule has 18 atom stereocenters. The monoisotopic (exact) mass is 685 g/mol. The van der Waals surface area contributed by atoms with E-state index in [1.807, 2.05) is 46.7 Å². The summed E-state index contributed by atoms with van der Waals surface area (Å²) in [6.07, 6.45) is -3.25. The largest absolute Gasteiger partial charge is 0.470 e. The van der Waals surface area contributed by atoms with Gasteiger partial charge in [-0.3, -0.25) is 4.79 Å². The highest BCUT2D eigenvalue weighted by atomic mass is 16.8. The van der Waals surface area contributed by atoms with E-state index >= 15 is 0 Å². The molecule has 6 unspecified atom stereocenters. The molecule has 0 aromatic carbocycles. The van der Waals surface area contributed by atoms with Crippen molar-refractivity contribution in [3.05, 3.63) is 12.3 Å². The SMILES string of the molecule is CC[C@@H](O)[C@@](C)(O)[C@@H]1OC(=O)[C@H](C)[C@@H](O[C@H]2CC3(OC)O[C@H]3C(C)O2)[C@H](C)[C@@H](O[C@@H]2OC=CC(N(C)C)C2O)[C@@]2(C)CC(C)C(O2)[C@@H]1C. The minimum Gasteiger partial charge on any atom is -0.470 e. The molecular weight excluding hydrogens is 626 g/mol. The van der Waals surface area contributed by atoms with Crippen LogP contribution in [0.3, 0.4) is 0 Å². The van der Waals surface area contributed by atoms with Gasteiger partial charge in [0.2, 0.25) is 12.1 Å². The van der Waals surface area contributed by atoms with Crippen LogP contribution in [-0.2, 0) is 42.7 Å². The molecule has 5 rings (SSSR count). The Hall–Kier alpha value is -1.39. The molecule has 0 radical (unpaired) electrons. The zero-order chi connectivity index (χ0) is 35.5. The van der Waals surface area contributed by atoms with Crippen LogP contribution in [0.25, 0.3) is 0 Å². The average molecular weight is 686 g/mol. The van der Waals surface area contributed by atoms with Crippen LogP contribution in [0.5, 0.6) is 0 Å². The van der Waals surface area contributed by atoms with E-state index in [1.54, 1.807) is 27.0 Å². The van der Waals surface area contributed by atoms with Crippen LogP contribution in [0, 0.1) is 23.7 Å². The molecular formula is C35H59NO12. The predicted octanol–water partition coefficient (Wildman–Crippen LogP) is 2.33. The quantitative estimate of drug-likeness (QED) is 0.240. The van der Waals surface area contributed by atoms with E-state index in [0.717, 1.165) is 0 Å². The van der Waals surface area contributed by atoms with Gasteiger partial charge in [-0.2, -0.15) is 0 Å². The lowest BCUT2D eigenvalue weighted by Gasteiger charge is -2.45. The Morgan fingerprint density at radius 2 is 1.79 bits per heavy atom. The number of nitrogens with zero attached hydrogens (tertiary/aromatic N) is 1. The maximum atomic E-state index is 14.2. The highest BCUT2D eigenvalue weighted by Crippen LogP contribution is 2.51. The van der Waals surface area contributed by atoms with Crippen molar-refractivity contribution >= 4 is 5.97 Å². The highest BCUT2D eigenvalue weighted by Gasteiger charge is 2.66.